The highest BCUT2D eigenvalue weighted by atomic mass is 16.5. The molecule has 0 aromatic heterocycles. The van der Waals surface area contributed by atoms with Crippen molar-refractivity contribution in [2.75, 3.05) is 14.2 Å². The molecule has 5 heteroatoms. The van der Waals surface area contributed by atoms with Gasteiger partial charge in [0, 0.05) is 26.2 Å². The van der Waals surface area contributed by atoms with Gasteiger partial charge in [-0.15, -0.1) is 0 Å². The largest absolute Gasteiger partial charge is 0.579 e. The normalized spacial score (nSPS) is 15.7. The number of ether oxygens (including phenoxy) is 2. The Labute approximate surface area is 179 Å². The van der Waals surface area contributed by atoms with Crippen LogP contribution in [0.15, 0.2) is 18.2 Å². The summed E-state index contributed by atoms with van der Waals surface area (Å²) in [5.74, 6) is 0.195. The maximum absolute atomic E-state index is 12.0. The molecule has 1 aliphatic heterocycles. The van der Waals surface area contributed by atoms with Gasteiger partial charge in [0.1, 0.15) is 5.78 Å². The zero-order valence-corrected chi connectivity index (χ0v) is 19.9. The Morgan fingerprint density at radius 1 is 1.03 bits per heavy atom. The third kappa shape index (κ3) is 4.78. The highest BCUT2D eigenvalue weighted by molar-refractivity contribution is 6.92. The van der Waals surface area contributed by atoms with Crippen molar-refractivity contribution in [3.05, 3.63) is 29.3 Å². The number of hydrogen-bond donors (Lipinski definition) is 0. The molecule has 2 rings (SSSR count). The van der Waals surface area contributed by atoms with Crippen molar-refractivity contribution >= 4 is 17.6 Å². The quantitative estimate of drug-likeness (QED) is 0.589. The van der Waals surface area contributed by atoms with E-state index in [-0.39, 0.29) is 13.2 Å². The van der Waals surface area contributed by atoms with Crippen molar-refractivity contribution in [2.24, 2.45) is 5.41 Å². The Bertz CT molecular complexity index is 676. The Hall–Kier alpha value is -1.17. The lowest BCUT2D eigenvalue weighted by Gasteiger charge is -2.58. The molecule has 1 aliphatic rings. The van der Waals surface area contributed by atoms with E-state index in [0.717, 1.165) is 11.0 Å². The third-order valence-corrected chi connectivity index (χ3v) is 6.75. The van der Waals surface area contributed by atoms with Crippen LogP contribution in [0.1, 0.15) is 80.9 Å². The van der Waals surface area contributed by atoms with E-state index in [0.29, 0.717) is 13.0 Å². The number of benzene rings is 1. The number of carbonyl (C=O) groups excluding carboxylic acids is 1. The smallest absolute Gasteiger partial charge is 0.203 e. The molecular formula is C24H44BO4-. The second-order valence-electron chi connectivity index (χ2n) is 9.36. The van der Waals surface area contributed by atoms with Crippen molar-refractivity contribution < 1.29 is 18.9 Å². The van der Waals surface area contributed by atoms with Gasteiger partial charge in [-0.05, 0) is 24.3 Å². The first-order valence-corrected chi connectivity index (χ1v) is 10.4. The van der Waals surface area contributed by atoms with E-state index in [1.807, 2.05) is 27.7 Å². The third-order valence-electron chi connectivity index (χ3n) is 6.75. The van der Waals surface area contributed by atoms with Gasteiger partial charge in [-0.2, -0.15) is 5.46 Å². The standard InChI is InChI=1S/C21H34BO4.C2H6.CH4/c1-15(23)19(2,3)13-16-10-11-17-14-26-22(18(17)12-16,20(4,5)24-8)21(6,7)25-9;1-2;/h10-12H,13-14H2,1-9H3;1-2H3;1H4/q-1;;. The molecule has 0 atom stereocenters. The summed E-state index contributed by atoms with van der Waals surface area (Å²) in [4.78, 5) is 12.0. The number of carbonyl (C=O) groups is 1. The van der Waals surface area contributed by atoms with Crippen molar-refractivity contribution in [3.63, 3.8) is 0 Å². The lowest BCUT2D eigenvalue weighted by atomic mass is 9.20. The molecule has 1 aromatic carbocycles. The summed E-state index contributed by atoms with van der Waals surface area (Å²) in [6, 6.07) is 6.44. The molecule has 29 heavy (non-hydrogen) atoms. The van der Waals surface area contributed by atoms with Crippen LogP contribution in [-0.4, -0.2) is 37.4 Å². The number of Topliss-reactive ketones (excluding diaryl/α,β-unsaturated/α-hetero) is 1. The lowest BCUT2D eigenvalue weighted by molar-refractivity contribution is -0.124. The molecule has 0 unspecified atom stereocenters. The van der Waals surface area contributed by atoms with E-state index in [1.54, 1.807) is 21.1 Å². The minimum absolute atomic E-state index is 0. The van der Waals surface area contributed by atoms with Gasteiger partial charge < -0.3 is 14.1 Å². The Balaban J connectivity index is 0.00000253. The average molecular weight is 407 g/mol. The maximum atomic E-state index is 12.0. The monoisotopic (exact) mass is 407 g/mol. The lowest BCUT2D eigenvalue weighted by Crippen LogP contribution is -2.76. The van der Waals surface area contributed by atoms with Crippen molar-refractivity contribution in [1.29, 1.82) is 0 Å². The number of ketones is 1. The molecule has 0 spiro atoms. The zero-order valence-electron chi connectivity index (χ0n) is 19.9. The van der Waals surface area contributed by atoms with Crippen LogP contribution < -0.4 is 5.46 Å². The van der Waals surface area contributed by atoms with E-state index in [9.17, 15) is 4.79 Å². The van der Waals surface area contributed by atoms with Gasteiger partial charge in [0.05, 0.1) is 0 Å². The summed E-state index contributed by atoms with van der Waals surface area (Å²) in [5.41, 5.74) is 1.99. The molecule has 0 N–H and O–H groups in total. The number of fused-ring (bicyclic) bond motifs is 1. The molecular weight excluding hydrogens is 363 g/mol. The molecule has 168 valence electrons. The highest BCUT2D eigenvalue weighted by Gasteiger charge is 2.56. The van der Waals surface area contributed by atoms with Gasteiger partial charge in [0.15, 0.2) is 0 Å². The number of rotatable bonds is 7. The summed E-state index contributed by atoms with van der Waals surface area (Å²) in [6.45, 7) is 18.5. The highest BCUT2D eigenvalue weighted by Crippen LogP contribution is 2.41. The SMILES string of the molecule is C.CC.COC(C)(C)[B-]1(C(C)(C)OC)OCc2ccc(CC(C)(C)C(C)=O)cc21. The number of methoxy groups -OCH3 is 2. The minimum atomic E-state index is -1.62. The fourth-order valence-corrected chi connectivity index (χ4v) is 4.52. The summed E-state index contributed by atoms with van der Waals surface area (Å²) in [7, 11) is 3.44. The molecule has 0 amide bonds. The van der Waals surface area contributed by atoms with Gasteiger partial charge in [-0.3, -0.25) is 4.79 Å². The molecule has 0 aliphatic carbocycles. The molecule has 0 radical (unpaired) electrons. The van der Waals surface area contributed by atoms with Crippen LogP contribution in [-0.2, 0) is 32.0 Å². The minimum Gasteiger partial charge on any atom is -0.579 e. The van der Waals surface area contributed by atoms with Gasteiger partial charge >= 0.3 is 0 Å². The molecule has 1 aromatic rings. The summed E-state index contributed by atoms with van der Waals surface area (Å²) in [6.07, 6.45) is -0.920. The van der Waals surface area contributed by atoms with Gasteiger partial charge in [-0.1, -0.05) is 92.1 Å². The topological polar surface area (TPSA) is 44.8 Å². The van der Waals surface area contributed by atoms with Crippen LogP contribution >= 0.6 is 0 Å². The molecule has 0 bridgehead atoms. The maximum Gasteiger partial charge on any atom is 0.203 e. The van der Waals surface area contributed by atoms with E-state index in [2.05, 4.69) is 45.9 Å². The fraction of sp³-hybridized carbons (Fsp3) is 0.708. The van der Waals surface area contributed by atoms with E-state index in [1.165, 1.54) is 5.56 Å². The second-order valence-corrected chi connectivity index (χ2v) is 9.36. The van der Waals surface area contributed by atoms with Crippen LogP contribution in [0.3, 0.4) is 0 Å². The van der Waals surface area contributed by atoms with Crippen molar-refractivity contribution in [3.8, 4) is 0 Å². The number of hydrogen-bond acceptors (Lipinski definition) is 4. The van der Waals surface area contributed by atoms with Gasteiger partial charge in [0.25, 0.3) is 0 Å². The Morgan fingerprint density at radius 2 is 1.52 bits per heavy atom. The van der Waals surface area contributed by atoms with Crippen molar-refractivity contribution in [1.82, 2.24) is 0 Å². The van der Waals surface area contributed by atoms with Crippen LogP contribution in [0.5, 0.6) is 0 Å². The summed E-state index contributed by atoms with van der Waals surface area (Å²) < 4.78 is 18.3. The molecule has 1 heterocycles. The first-order chi connectivity index (χ1) is 12.8. The Kier molecular flexibility index (Phi) is 9.37. The molecule has 0 saturated carbocycles. The predicted molar refractivity (Wildman–Crippen MR) is 125 cm³/mol. The van der Waals surface area contributed by atoms with Gasteiger partial charge in [0.2, 0.25) is 6.35 Å². The molecule has 4 nitrogen and oxygen atoms in total. The Morgan fingerprint density at radius 3 is 1.93 bits per heavy atom. The van der Waals surface area contributed by atoms with Crippen LogP contribution in [0, 0.1) is 5.41 Å². The van der Waals surface area contributed by atoms with Crippen LogP contribution in [0.4, 0.5) is 0 Å². The summed E-state index contributed by atoms with van der Waals surface area (Å²) >= 11 is 0. The van der Waals surface area contributed by atoms with E-state index >= 15 is 0 Å². The molecule has 0 fully saturated rings. The van der Waals surface area contributed by atoms with Crippen LogP contribution in [0.2, 0.25) is 0 Å². The first-order valence-electron chi connectivity index (χ1n) is 10.4. The first kappa shape index (κ1) is 27.8. The zero-order chi connectivity index (χ0) is 22.0. The van der Waals surface area contributed by atoms with E-state index < -0.39 is 22.8 Å². The van der Waals surface area contributed by atoms with Gasteiger partial charge in [-0.25, -0.2) is 0 Å². The predicted octanol–water partition coefficient (Wildman–Crippen LogP) is 5.12. The average Bonchev–Trinajstić information content (AvgIpc) is 3.04. The fourth-order valence-electron chi connectivity index (χ4n) is 4.52. The van der Waals surface area contributed by atoms with Crippen molar-refractivity contribution in [2.45, 2.75) is 93.8 Å². The second kappa shape index (κ2) is 9.76. The molecule has 0 saturated heterocycles. The van der Waals surface area contributed by atoms with E-state index in [4.69, 9.17) is 14.1 Å². The van der Waals surface area contributed by atoms with Crippen LogP contribution in [0.25, 0.3) is 0 Å². The summed E-state index contributed by atoms with van der Waals surface area (Å²) in [5, 5.41) is 0.